The molecule has 0 radical (unpaired) electrons. The normalized spacial score (nSPS) is 10.0. The lowest BCUT2D eigenvalue weighted by Gasteiger charge is -2.06. The molecule has 1 aromatic carbocycles. The molecule has 15 heavy (non-hydrogen) atoms. The van der Waals surface area contributed by atoms with E-state index in [1.807, 2.05) is 31.2 Å². The summed E-state index contributed by atoms with van der Waals surface area (Å²) in [6, 6.07) is 7.90. The second-order valence-corrected chi connectivity index (χ2v) is 3.38. The molecule has 3 nitrogen and oxygen atoms in total. The summed E-state index contributed by atoms with van der Waals surface area (Å²) < 4.78 is 0. The molecule has 0 saturated carbocycles. The highest BCUT2D eigenvalue weighted by Gasteiger charge is 1.99. The minimum Gasteiger partial charge on any atom is -0.326 e. The smallest absolute Gasteiger partial charge is 0.224 e. The molecule has 0 fully saturated rings. The third kappa shape index (κ3) is 4.13. The zero-order valence-corrected chi connectivity index (χ0v) is 9.34. The molecule has 2 N–H and O–H groups in total. The number of benzene rings is 1. The summed E-state index contributed by atoms with van der Waals surface area (Å²) in [6.07, 6.45) is 0.511. The van der Waals surface area contributed by atoms with Crippen LogP contribution in [0.3, 0.4) is 0 Å². The number of rotatable bonds is 5. The Bertz CT molecular complexity index is 323. The van der Waals surface area contributed by atoms with Gasteiger partial charge >= 0.3 is 0 Å². The highest BCUT2D eigenvalue weighted by molar-refractivity contribution is 5.90. The summed E-state index contributed by atoms with van der Waals surface area (Å²) in [6.45, 7) is 5.71. The summed E-state index contributed by atoms with van der Waals surface area (Å²) in [4.78, 5) is 11.2. The Morgan fingerprint density at radius 1 is 1.33 bits per heavy atom. The van der Waals surface area contributed by atoms with E-state index in [0.717, 1.165) is 18.8 Å². The fourth-order valence-electron chi connectivity index (χ4n) is 1.28. The molecular formula is C12H18N2O. The predicted molar refractivity (Wildman–Crippen MR) is 62.7 cm³/mol. The topological polar surface area (TPSA) is 41.1 Å². The molecule has 1 amide bonds. The zero-order valence-electron chi connectivity index (χ0n) is 9.34. The molecule has 0 unspecified atom stereocenters. The molecule has 0 aliphatic heterocycles. The maximum atomic E-state index is 11.2. The van der Waals surface area contributed by atoms with Crippen LogP contribution in [0.25, 0.3) is 0 Å². The SMILES string of the molecule is CCNCc1cccc(NC(=O)CC)c1. The van der Waals surface area contributed by atoms with Crippen molar-refractivity contribution in [2.24, 2.45) is 0 Å². The van der Waals surface area contributed by atoms with Gasteiger partial charge in [-0.05, 0) is 24.2 Å². The number of carbonyl (C=O) groups is 1. The van der Waals surface area contributed by atoms with Gasteiger partial charge in [-0.15, -0.1) is 0 Å². The lowest BCUT2D eigenvalue weighted by molar-refractivity contribution is -0.115. The number of hydrogen-bond acceptors (Lipinski definition) is 2. The summed E-state index contributed by atoms with van der Waals surface area (Å²) in [7, 11) is 0. The average molecular weight is 206 g/mol. The van der Waals surface area contributed by atoms with Gasteiger partial charge in [0, 0.05) is 18.7 Å². The molecule has 0 aliphatic rings. The fourth-order valence-corrected chi connectivity index (χ4v) is 1.28. The first-order valence-electron chi connectivity index (χ1n) is 5.35. The van der Waals surface area contributed by atoms with Crippen molar-refractivity contribution in [2.45, 2.75) is 26.8 Å². The average Bonchev–Trinajstić information content (AvgIpc) is 2.26. The molecule has 3 heteroatoms. The molecule has 0 spiro atoms. The van der Waals surface area contributed by atoms with Crippen LogP contribution in [-0.2, 0) is 11.3 Å². The number of carbonyl (C=O) groups excluding carboxylic acids is 1. The first-order valence-corrected chi connectivity index (χ1v) is 5.35. The Labute approximate surface area is 90.9 Å². The van der Waals surface area contributed by atoms with Crippen molar-refractivity contribution in [1.82, 2.24) is 5.32 Å². The summed E-state index contributed by atoms with van der Waals surface area (Å²) >= 11 is 0. The molecule has 0 aromatic heterocycles. The molecule has 0 atom stereocenters. The van der Waals surface area contributed by atoms with Crippen LogP contribution in [0.2, 0.25) is 0 Å². The van der Waals surface area contributed by atoms with Crippen molar-refractivity contribution in [1.29, 1.82) is 0 Å². The molecule has 0 saturated heterocycles. The van der Waals surface area contributed by atoms with Crippen LogP contribution in [0, 0.1) is 0 Å². The van der Waals surface area contributed by atoms with Crippen LogP contribution in [0.5, 0.6) is 0 Å². The van der Waals surface area contributed by atoms with E-state index in [4.69, 9.17) is 0 Å². The first kappa shape index (κ1) is 11.7. The van der Waals surface area contributed by atoms with Crippen molar-refractivity contribution in [3.63, 3.8) is 0 Å². The first-order chi connectivity index (χ1) is 7.26. The largest absolute Gasteiger partial charge is 0.326 e. The highest BCUT2D eigenvalue weighted by atomic mass is 16.1. The van der Waals surface area contributed by atoms with E-state index < -0.39 is 0 Å². The van der Waals surface area contributed by atoms with Gasteiger partial charge in [0.15, 0.2) is 0 Å². The van der Waals surface area contributed by atoms with Gasteiger partial charge in [-0.3, -0.25) is 4.79 Å². The van der Waals surface area contributed by atoms with E-state index in [9.17, 15) is 4.79 Å². The third-order valence-corrected chi connectivity index (χ3v) is 2.11. The van der Waals surface area contributed by atoms with Crippen molar-refractivity contribution >= 4 is 11.6 Å². The van der Waals surface area contributed by atoms with Crippen molar-refractivity contribution in [2.75, 3.05) is 11.9 Å². The van der Waals surface area contributed by atoms with Crippen LogP contribution in [0.4, 0.5) is 5.69 Å². The van der Waals surface area contributed by atoms with Gasteiger partial charge in [0.05, 0.1) is 0 Å². The zero-order chi connectivity index (χ0) is 11.1. The molecule has 0 heterocycles. The lowest BCUT2D eigenvalue weighted by atomic mass is 10.2. The monoisotopic (exact) mass is 206 g/mol. The van der Waals surface area contributed by atoms with E-state index in [0.29, 0.717) is 6.42 Å². The minimum absolute atomic E-state index is 0.0515. The fraction of sp³-hybridized carbons (Fsp3) is 0.417. The van der Waals surface area contributed by atoms with Crippen LogP contribution >= 0.6 is 0 Å². The van der Waals surface area contributed by atoms with Gasteiger partial charge in [0.2, 0.25) is 5.91 Å². The van der Waals surface area contributed by atoms with Crippen LogP contribution < -0.4 is 10.6 Å². The van der Waals surface area contributed by atoms with Crippen molar-refractivity contribution < 1.29 is 4.79 Å². The summed E-state index contributed by atoms with van der Waals surface area (Å²) in [5.41, 5.74) is 2.06. The highest BCUT2D eigenvalue weighted by Crippen LogP contribution is 2.10. The van der Waals surface area contributed by atoms with E-state index in [1.54, 1.807) is 0 Å². The Morgan fingerprint density at radius 3 is 2.80 bits per heavy atom. The Hall–Kier alpha value is -1.35. The molecule has 1 rings (SSSR count). The molecule has 0 aliphatic carbocycles. The second kappa shape index (κ2) is 6.19. The minimum atomic E-state index is 0.0515. The molecule has 1 aromatic rings. The second-order valence-electron chi connectivity index (χ2n) is 3.38. The van der Waals surface area contributed by atoms with E-state index in [1.165, 1.54) is 5.56 Å². The van der Waals surface area contributed by atoms with Crippen LogP contribution in [0.15, 0.2) is 24.3 Å². The summed E-state index contributed by atoms with van der Waals surface area (Å²) in [5, 5.41) is 6.09. The van der Waals surface area contributed by atoms with E-state index in [-0.39, 0.29) is 5.91 Å². The van der Waals surface area contributed by atoms with Gasteiger partial charge < -0.3 is 10.6 Å². The molecule has 82 valence electrons. The Kier molecular flexibility index (Phi) is 4.84. The molecular weight excluding hydrogens is 188 g/mol. The van der Waals surface area contributed by atoms with Gasteiger partial charge in [-0.2, -0.15) is 0 Å². The standard InChI is InChI=1S/C12H18N2O/c1-3-12(15)14-11-7-5-6-10(8-11)9-13-4-2/h5-8,13H,3-4,9H2,1-2H3,(H,14,15). The number of hydrogen-bond donors (Lipinski definition) is 2. The maximum absolute atomic E-state index is 11.2. The van der Waals surface area contributed by atoms with Gasteiger partial charge in [0.25, 0.3) is 0 Å². The number of amides is 1. The van der Waals surface area contributed by atoms with E-state index in [2.05, 4.69) is 17.6 Å². The number of nitrogens with one attached hydrogen (secondary N) is 2. The van der Waals surface area contributed by atoms with Gasteiger partial charge in [-0.25, -0.2) is 0 Å². The van der Waals surface area contributed by atoms with E-state index >= 15 is 0 Å². The summed E-state index contributed by atoms with van der Waals surface area (Å²) in [5.74, 6) is 0.0515. The quantitative estimate of drug-likeness (QED) is 0.775. The molecule has 0 bridgehead atoms. The number of anilines is 1. The van der Waals surface area contributed by atoms with Crippen LogP contribution in [0.1, 0.15) is 25.8 Å². The maximum Gasteiger partial charge on any atom is 0.224 e. The third-order valence-electron chi connectivity index (χ3n) is 2.11. The Balaban J connectivity index is 2.61. The lowest BCUT2D eigenvalue weighted by Crippen LogP contribution is -2.13. The van der Waals surface area contributed by atoms with Gasteiger partial charge in [0.1, 0.15) is 0 Å². The van der Waals surface area contributed by atoms with Gasteiger partial charge in [-0.1, -0.05) is 26.0 Å². The Morgan fingerprint density at radius 2 is 2.13 bits per heavy atom. The predicted octanol–water partition coefficient (Wildman–Crippen LogP) is 2.14. The van der Waals surface area contributed by atoms with Crippen molar-refractivity contribution in [3.8, 4) is 0 Å². The van der Waals surface area contributed by atoms with Crippen LogP contribution in [-0.4, -0.2) is 12.5 Å². The van der Waals surface area contributed by atoms with Crippen molar-refractivity contribution in [3.05, 3.63) is 29.8 Å².